The molecule has 31 heavy (non-hydrogen) atoms. The van der Waals surface area contributed by atoms with E-state index in [0.717, 1.165) is 35.6 Å². The van der Waals surface area contributed by atoms with E-state index in [2.05, 4.69) is 57.3 Å². The zero-order valence-electron chi connectivity index (χ0n) is 17.7. The fourth-order valence-corrected chi connectivity index (χ4v) is 4.80. The molecule has 3 aromatic rings. The Labute approximate surface area is 182 Å². The lowest BCUT2D eigenvalue weighted by Gasteiger charge is -2.38. The highest BCUT2D eigenvalue weighted by Gasteiger charge is 2.35. The Morgan fingerprint density at radius 3 is 2.45 bits per heavy atom. The number of anilines is 1. The van der Waals surface area contributed by atoms with Crippen LogP contribution in [0.15, 0.2) is 71.7 Å². The van der Waals surface area contributed by atoms with Crippen molar-refractivity contribution in [2.75, 3.05) is 18.4 Å². The monoisotopic (exact) mass is 412 g/mol. The average Bonchev–Trinajstić information content (AvgIpc) is 2.80. The van der Waals surface area contributed by atoms with E-state index in [4.69, 9.17) is 0 Å². The van der Waals surface area contributed by atoms with Crippen LogP contribution >= 0.6 is 0 Å². The fraction of sp³-hybridized carbons (Fsp3) is 0.269. The Morgan fingerprint density at radius 2 is 1.71 bits per heavy atom. The Bertz CT molecular complexity index is 1140. The van der Waals surface area contributed by atoms with Crippen LogP contribution in [-0.4, -0.2) is 18.1 Å². The van der Waals surface area contributed by atoms with E-state index in [-0.39, 0.29) is 5.56 Å². The Morgan fingerprint density at radius 1 is 0.968 bits per heavy atom. The molecule has 5 rings (SSSR count). The average molecular weight is 413 g/mol. The van der Waals surface area contributed by atoms with Crippen molar-refractivity contribution < 1.29 is 0 Å². The highest BCUT2D eigenvalue weighted by Crippen LogP contribution is 2.34. The minimum absolute atomic E-state index is 0.0883. The number of fused-ring (bicyclic) bond motifs is 1. The number of hydrogen-bond acceptors (Lipinski definition) is 4. The molecule has 1 unspecified atom stereocenters. The van der Waals surface area contributed by atoms with Crippen molar-refractivity contribution in [1.29, 1.82) is 0 Å². The molecule has 2 aliphatic heterocycles. The van der Waals surface area contributed by atoms with Gasteiger partial charge in [0.2, 0.25) is 0 Å². The van der Waals surface area contributed by atoms with Crippen LogP contribution in [-0.2, 0) is 5.66 Å². The van der Waals surface area contributed by atoms with Crippen LogP contribution in [0.25, 0.3) is 11.8 Å². The summed E-state index contributed by atoms with van der Waals surface area (Å²) < 4.78 is 0. The molecule has 4 N–H and O–H groups in total. The summed E-state index contributed by atoms with van der Waals surface area (Å²) in [5, 5.41) is 10.6. The molecule has 1 aromatic heterocycles. The van der Waals surface area contributed by atoms with Gasteiger partial charge in [-0.1, -0.05) is 42.5 Å². The number of H-pyrrole nitrogens is 1. The molecule has 1 saturated heterocycles. The number of aromatic amines is 1. The molecule has 2 aliphatic rings. The third kappa shape index (κ3) is 3.89. The quantitative estimate of drug-likeness (QED) is 0.518. The minimum Gasteiger partial charge on any atom is -0.359 e. The predicted octanol–water partition coefficient (Wildman–Crippen LogP) is 4.23. The van der Waals surface area contributed by atoms with Crippen LogP contribution in [0.1, 0.15) is 47.9 Å². The summed E-state index contributed by atoms with van der Waals surface area (Å²) in [6, 6.07) is 20.8. The number of aromatic nitrogens is 1. The third-order valence-electron chi connectivity index (χ3n) is 6.38. The molecular formula is C26H28N4O. The van der Waals surface area contributed by atoms with Crippen LogP contribution in [0.5, 0.6) is 0 Å². The minimum atomic E-state index is -0.750. The van der Waals surface area contributed by atoms with Gasteiger partial charge in [0.15, 0.2) is 0 Å². The van der Waals surface area contributed by atoms with Gasteiger partial charge < -0.3 is 20.9 Å². The molecule has 5 nitrogen and oxygen atoms in total. The van der Waals surface area contributed by atoms with Crippen molar-refractivity contribution in [3.8, 4) is 0 Å². The summed E-state index contributed by atoms with van der Waals surface area (Å²) in [7, 11) is 0. The molecule has 1 fully saturated rings. The maximum atomic E-state index is 12.8. The second kappa shape index (κ2) is 8.08. The normalized spacial score (nSPS) is 21.0. The largest absolute Gasteiger partial charge is 0.359 e. The number of nitrogens with one attached hydrogen (secondary N) is 4. The number of rotatable bonds is 4. The summed E-state index contributed by atoms with van der Waals surface area (Å²) in [5.41, 5.74) is 5.21. The molecule has 0 radical (unpaired) electrons. The third-order valence-corrected chi connectivity index (χ3v) is 6.38. The van der Waals surface area contributed by atoms with Crippen molar-refractivity contribution in [3.05, 3.63) is 99.5 Å². The van der Waals surface area contributed by atoms with Crippen molar-refractivity contribution in [2.45, 2.75) is 31.3 Å². The number of benzene rings is 2. The van der Waals surface area contributed by atoms with Crippen LogP contribution in [0, 0.1) is 0 Å². The van der Waals surface area contributed by atoms with E-state index in [9.17, 15) is 4.79 Å². The first kappa shape index (κ1) is 19.6. The first-order chi connectivity index (χ1) is 15.1. The molecule has 0 saturated carbocycles. The van der Waals surface area contributed by atoms with Crippen LogP contribution in [0.2, 0.25) is 0 Å². The molecule has 1 atom stereocenters. The molecule has 3 heterocycles. The zero-order valence-corrected chi connectivity index (χ0v) is 17.7. The molecule has 0 bridgehead atoms. The van der Waals surface area contributed by atoms with E-state index < -0.39 is 5.66 Å². The standard InChI is InChI=1S/C26H28N4O/c1-26(29-22-9-7-18(8-10-22)19-11-14-27-15-12-19)24-21(13-16-28-25(24)31)17-23(30-26)20-5-3-2-4-6-20/h2-10,13,16-17,19,27,29-30H,11-12,14-15H2,1H3,(H,28,31). The molecular weight excluding hydrogens is 384 g/mol. The van der Waals surface area contributed by atoms with Gasteiger partial charge in [-0.15, -0.1) is 0 Å². The first-order valence-electron chi connectivity index (χ1n) is 11.0. The van der Waals surface area contributed by atoms with Gasteiger partial charge in [-0.2, -0.15) is 0 Å². The van der Waals surface area contributed by atoms with Crippen LogP contribution in [0.3, 0.4) is 0 Å². The summed E-state index contributed by atoms with van der Waals surface area (Å²) in [6.07, 6.45) is 6.11. The van der Waals surface area contributed by atoms with E-state index in [1.54, 1.807) is 6.20 Å². The lowest BCUT2D eigenvalue weighted by molar-refractivity contribution is 0.460. The second-order valence-electron chi connectivity index (χ2n) is 8.58. The molecule has 0 amide bonds. The van der Waals surface area contributed by atoms with Gasteiger partial charge in [-0.25, -0.2) is 0 Å². The summed E-state index contributed by atoms with van der Waals surface area (Å²) in [5.74, 6) is 0.620. The fourth-order valence-electron chi connectivity index (χ4n) is 4.80. The molecule has 158 valence electrons. The van der Waals surface area contributed by atoms with Gasteiger partial charge >= 0.3 is 0 Å². The first-order valence-corrected chi connectivity index (χ1v) is 11.0. The summed E-state index contributed by atoms with van der Waals surface area (Å²) >= 11 is 0. The van der Waals surface area contributed by atoms with Crippen molar-refractivity contribution in [2.24, 2.45) is 0 Å². The Balaban J connectivity index is 1.48. The second-order valence-corrected chi connectivity index (χ2v) is 8.58. The van der Waals surface area contributed by atoms with Gasteiger partial charge in [-0.05, 0) is 79.7 Å². The highest BCUT2D eigenvalue weighted by atomic mass is 16.1. The smallest absolute Gasteiger partial charge is 0.256 e. The summed E-state index contributed by atoms with van der Waals surface area (Å²) in [6.45, 7) is 4.19. The highest BCUT2D eigenvalue weighted by molar-refractivity contribution is 5.84. The van der Waals surface area contributed by atoms with Gasteiger partial charge in [0.25, 0.3) is 5.56 Å². The lowest BCUT2D eigenvalue weighted by atomic mass is 9.89. The summed E-state index contributed by atoms with van der Waals surface area (Å²) in [4.78, 5) is 15.6. The predicted molar refractivity (Wildman–Crippen MR) is 127 cm³/mol. The van der Waals surface area contributed by atoms with Gasteiger partial charge in [0.05, 0.1) is 5.56 Å². The maximum absolute atomic E-state index is 12.8. The number of hydrogen-bond donors (Lipinski definition) is 4. The SMILES string of the molecule is CC1(Nc2ccc(C3CCNCC3)cc2)NC(c2ccccc2)=Cc2cc[nH]c(=O)c21. The lowest BCUT2D eigenvalue weighted by Crippen LogP contribution is -2.50. The van der Waals surface area contributed by atoms with Crippen molar-refractivity contribution in [3.63, 3.8) is 0 Å². The molecule has 0 aliphatic carbocycles. The van der Waals surface area contributed by atoms with Crippen LogP contribution in [0.4, 0.5) is 5.69 Å². The van der Waals surface area contributed by atoms with Crippen molar-refractivity contribution in [1.82, 2.24) is 15.6 Å². The van der Waals surface area contributed by atoms with E-state index in [1.807, 2.05) is 37.3 Å². The topological polar surface area (TPSA) is 68.9 Å². The van der Waals surface area contributed by atoms with Gasteiger partial charge in [0.1, 0.15) is 5.66 Å². The Kier molecular flexibility index (Phi) is 5.12. The number of piperidine rings is 1. The maximum Gasteiger partial charge on any atom is 0.256 e. The molecule has 5 heteroatoms. The van der Waals surface area contributed by atoms with Gasteiger partial charge in [0, 0.05) is 17.6 Å². The zero-order chi connectivity index (χ0) is 21.3. The molecule has 2 aromatic carbocycles. The van der Waals surface area contributed by atoms with E-state index >= 15 is 0 Å². The van der Waals surface area contributed by atoms with Gasteiger partial charge in [-0.3, -0.25) is 4.79 Å². The van der Waals surface area contributed by atoms with E-state index in [1.165, 1.54) is 18.4 Å². The number of pyridine rings is 1. The molecule has 0 spiro atoms. The van der Waals surface area contributed by atoms with Crippen molar-refractivity contribution >= 4 is 17.5 Å². The van der Waals surface area contributed by atoms with E-state index in [0.29, 0.717) is 11.5 Å². The van der Waals surface area contributed by atoms with Crippen LogP contribution < -0.4 is 21.5 Å². The Hall–Kier alpha value is -3.31.